The molecule has 1 fully saturated rings. The first kappa shape index (κ1) is 14.3. The van der Waals surface area contributed by atoms with Crippen molar-refractivity contribution in [2.75, 3.05) is 19.0 Å². The summed E-state index contributed by atoms with van der Waals surface area (Å²) in [6.45, 7) is 5.31. The van der Waals surface area contributed by atoms with E-state index >= 15 is 0 Å². The lowest BCUT2D eigenvalue weighted by molar-refractivity contribution is -0.120. The molecule has 0 radical (unpaired) electrons. The number of hydrogen-bond acceptors (Lipinski definition) is 4. The molecule has 0 aromatic rings. The summed E-state index contributed by atoms with van der Waals surface area (Å²) in [5.74, 6) is 0.823. The molecule has 0 aromatic heterocycles. The summed E-state index contributed by atoms with van der Waals surface area (Å²) in [7, 11) is 0. The molecule has 0 aliphatic heterocycles. The third-order valence-corrected chi connectivity index (χ3v) is 4.26. The maximum absolute atomic E-state index is 9.84. The van der Waals surface area contributed by atoms with Crippen LogP contribution in [0.1, 0.15) is 39.5 Å². The van der Waals surface area contributed by atoms with Crippen molar-refractivity contribution in [3.05, 3.63) is 0 Å². The van der Waals surface area contributed by atoms with E-state index in [1.54, 1.807) is 11.8 Å². The first-order valence-corrected chi connectivity index (χ1v) is 7.35. The molecule has 0 aromatic carbocycles. The second kappa shape index (κ2) is 8.34. The van der Waals surface area contributed by atoms with E-state index in [4.69, 9.17) is 9.47 Å². The van der Waals surface area contributed by atoms with Crippen LogP contribution in [0.4, 0.5) is 0 Å². The van der Waals surface area contributed by atoms with Gasteiger partial charge in [0.1, 0.15) is 0 Å². The maximum Gasteiger partial charge on any atom is 0.166 e. The van der Waals surface area contributed by atoms with Crippen LogP contribution < -0.4 is 0 Å². The quantitative estimate of drug-likeness (QED) is 0.702. The van der Waals surface area contributed by atoms with Gasteiger partial charge in [-0.1, -0.05) is 12.8 Å². The van der Waals surface area contributed by atoms with Crippen molar-refractivity contribution in [3.63, 3.8) is 0 Å². The molecule has 0 spiro atoms. The van der Waals surface area contributed by atoms with Crippen LogP contribution in [0.3, 0.4) is 0 Å². The Kier molecular flexibility index (Phi) is 7.45. The molecule has 0 saturated heterocycles. The van der Waals surface area contributed by atoms with Crippen LogP contribution in [-0.4, -0.2) is 41.7 Å². The Bertz CT molecular complexity index is 172. The largest absolute Gasteiger partial charge is 0.392 e. The molecule has 0 bridgehead atoms. The van der Waals surface area contributed by atoms with E-state index in [-0.39, 0.29) is 12.4 Å². The molecule has 0 unspecified atom stereocenters. The minimum Gasteiger partial charge on any atom is -0.392 e. The average molecular weight is 248 g/mol. The number of ether oxygens (including phenoxy) is 2. The number of aliphatic hydroxyl groups is 1. The molecule has 1 aliphatic rings. The van der Waals surface area contributed by atoms with Crippen molar-refractivity contribution in [2.45, 2.75) is 57.2 Å². The van der Waals surface area contributed by atoms with E-state index in [0.29, 0.717) is 18.5 Å². The highest BCUT2D eigenvalue weighted by Crippen LogP contribution is 2.29. The zero-order valence-electron chi connectivity index (χ0n) is 10.4. The molecule has 96 valence electrons. The Morgan fingerprint density at radius 3 is 2.38 bits per heavy atom. The summed E-state index contributed by atoms with van der Waals surface area (Å²) >= 11 is 1.79. The van der Waals surface area contributed by atoms with Gasteiger partial charge in [0.05, 0.1) is 6.10 Å². The second-order valence-electron chi connectivity index (χ2n) is 4.06. The number of rotatable bonds is 7. The van der Waals surface area contributed by atoms with Crippen LogP contribution >= 0.6 is 11.8 Å². The normalized spacial score (nSPS) is 26.2. The third-order valence-electron chi connectivity index (χ3n) is 2.82. The van der Waals surface area contributed by atoms with E-state index in [1.807, 2.05) is 13.8 Å². The molecule has 0 amide bonds. The van der Waals surface area contributed by atoms with Crippen molar-refractivity contribution in [3.8, 4) is 0 Å². The number of aliphatic hydroxyl groups excluding tert-OH is 1. The van der Waals surface area contributed by atoms with Gasteiger partial charge in [-0.25, -0.2) is 0 Å². The lowest BCUT2D eigenvalue weighted by atomic mass is 9.97. The fourth-order valence-electron chi connectivity index (χ4n) is 1.99. The van der Waals surface area contributed by atoms with E-state index in [0.717, 1.165) is 18.6 Å². The van der Waals surface area contributed by atoms with E-state index in [2.05, 4.69) is 0 Å². The van der Waals surface area contributed by atoms with Crippen LogP contribution in [0.25, 0.3) is 0 Å². The van der Waals surface area contributed by atoms with E-state index < -0.39 is 0 Å². The third kappa shape index (κ3) is 5.04. The Hall–Kier alpha value is 0.230. The summed E-state index contributed by atoms with van der Waals surface area (Å²) in [5, 5.41) is 10.2. The summed E-state index contributed by atoms with van der Waals surface area (Å²) < 4.78 is 11.0. The summed E-state index contributed by atoms with van der Waals surface area (Å²) in [5.41, 5.74) is 0. The maximum atomic E-state index is 9.84. The minimum atomic E-state index is -0.136. The molecular formula is C12H24O3S. The molecule has 2 atom stereocenters. The highest BCUT2D eigenvalue weighted by Gasteiger charge is 2.24. The fourth-order valence-corrected chi connectivity index (χ4v) is 3.28. The Balaban J connectivity index is 2.23. The van der Waals surface area contributed by atoms with Gasteiger partial charge in [-0.2, -0.15) is 11.8 Å². The van der Waals surface area contributed by atoms with Gasteiger partial charge < -0.3 is 14.6 Å². The van der Waals surface area contributed by atoms with Gasteiger partial charge in [0.2, 0.25) is 0 Å². The second-order valence-corrected chi connectivity index (χ2v) is 5.34. The molecule has 4 heteroatoms. The zero-order valence-corrected chi connectivity index (χ0v) is 11.2. The van der Waals surface area contributed by atoms with Crippen LogP contribution in [0.2, 0.25) is 0 Å². The van der Waals surface area contributed by atoms with Crippen LogP contribution in [0, 0.1) is 0 Å². The van der Waals surface area contributed by atoms with Crippen LogP contribution in [0.15, 0.2) is 0 Å². The van der Waals surface area contributed by atoms with E-state index in [1.165, 1.54) is 12.8 Å². The lowest BCUT2D eigenvalue weighted by Crippen LogP contribution is -2.29. The predicted molar refractivity (Wildman–Crippen MR) is 67.8 cm³/mol. The fraction of sp³-hybridized carbons (Fsp3) is 1.00. The lowest BCUT2D eigenvalue weighted by Gasteiger charge is -2.28. The van der Waals surface area contributed by atoms with Crippen molar-refractivity contribution < 1.29 is 14.6 Å². The molecule has 16 heavy (non-hydrogen) atoms. The summed E-state index contributed by atoms with van der Waals surface area (Å²) in [6, 6.07) is 0. The van der Waals surface area contributed by atoms with Gasteiger partial charge >= 0.3 is 0 Å². The Labute approximate surface area is 103 Å². The molecular weight excluding hydrogens is 224 g/mol. The van der Waals surface area contributed by atoms with Crippen LogP contribution in [-0.2, 0) is 9.47 Å². The van der Waals surface area contributed by atoms with Crippen molar-refractivity contribution >= 4 is 11.8 Å². The van der Waals surface area contributed by atoms with Gasteiger partial charge in [-0.15, -0.1) is 0 Å². The minimum absolute atomic E-state index is 0.117. The molecule has 1 aliphatic carbocycles. The standard InChI is InChI=1S/C12H24O3S/c1-3-14-12(15-4-2)9-16-11-8-6-5-7-10(11)13/h10-13H,3-9H2,1-2H3/t10-,11-/m1/s1. The number of hydrogen-bond donors (Lipinski definition) is 1. The molecule has 3 nitrogen and oxygen atoms in total. The smallest absolute Gasteiger partial charge is 0.166 e. The highest BCUT2D eigenvalue weighted by molar-refractivity contribution is 8.00. The van der Waals surface area contributed by atoms with Gasteiger partial charge in [-0.3, -0.25) is 0 Å². The summed E-state index contributed by atoms with van der Waals surface area (Å²) in [4.78, 5) is 0. The van der Waals surface area contributed by atoms with Crippen molar-refractivity contribution in [1.29, 1.82) is 0 Å². The van der Waals surface area contributed by atoms with Gasteiger partial charge in [0, 0.05) is 24.2 Å². The van der Waals surface area contributed by atoms with Crippen LogP contribution in [0.5, 0.6) is 0 Å². The topological polar surface area (TPSA) is 38.7 Å². The molecule has 1 rings (SSSR count). The highest BCUT2D eigenvalue weighted by atomic mass is 32.2. The Morgan fingerprint density at radius 2 is 1.81 bits per heavy atom. The van der Waals surface area contributed by atoms with Gasteiger partial charge in [0.15, 0.2) is 6.29 Å². The SMILES string of the molecule is CCOC(CS[C@@H]1CCCC[C@H]1O)OCC. The molecule has 1 N–H and O–H groups in total. The average Bonchev–Trinajstić information content (AvgIpc) is 2.28. The Morgan fingerprint density at radius 1 is 1.19 bits per heavy atom. The predicted octanol–water partition coefficient (Wildman–Crippen LogP) is 2.42. The zero-order chi connectivity index (χ0) is 11.8. The van der Waals surface area contributed by atoms with Gasteiger partial charge in [0.25, 0.3) is 0 Å². The summed E-state index contributed by atoms with van der Waals surface area (Å²) in [6.07, 6.45) is 4.22. The monoisotopic (exact) mass is 248 g/mol. The first-order chi connectivity index (χ1) is 7.77. The van der Waals surface area contributed by atoms with Crippen molar-refractivity contribution in [2.24, 2.45) is 0 Å². The molecule has 1 saturated carbocycles. The van der Waals surface area contributed by atoms with Crippen molar-refractivity contribution in [1.82, 2.24) is 0 Å². The number of thioether (sulfide) groups is 1. The van der Waals surface area contributed by atoms with Gasteiger partial charge in [-0.05, 0) is 26.7 Å². The molecule has 0 heterocycles. The first-order valence-electron chi connectivity index (χ1n) is 6.30. The van der Waals surface area contributed by atoms with E-state index in [9.17, 15) is 5.11 Å².